The Morgan fingerprint density at radius 1 is 0.642 bits per heavy atom. The van der Waals surface area contributed by atoms with Gasteiger partial charge in [0.15, 0.2) is 5.84 Å². The third-order valence-corrected chi connectivity index (χ3v) is 13.0. The van der Waals surface area contributed by atoms with E-state index < -0.39 is 0 Å². The monoisotopic (exact) mass is 868 g/mol. The molecule has 2 atom stereocenters. The van der Waals surface area contributed by atoms with Gasteiger partial charge in [-0.25, -0.2) is 9.98 Å². The maximum absolute atomic E-state index is 6.57. The summed E-state index contributed by atoms with van der Waals surface area (Å²) in [6.45, 7) is 8.80. The van der Waals surface area contributed by atoms with Gasteiger partial charge in [0, 0.05) is 39.2 Å². The Hall–Kier alpha value is -8.42. The summed E-state index contributed by atoms with van der Waals surface area (Å²) in [5.41, 5.74) is 14.2. The molecule has 1 aliphatic heterocycles. The van der Waals surface area contributed by atoms with Crippen LogP contribution < -0.4 is 4.90 Å². The zero-order valence-corrected chi connectivity index (χ0v) is 37.1. The van der Waals surface area contributed by atoms with Gasteiger partial charge in [0.2, 0.25) is 5.96 Å². The summed E-state index contributed by atoms with van der Waals surface area (Å²) < 4.78 is 8.82. The number of aliphatic imine (C=N–C) groups is 4. The Balaban J connectivity index is 1.07. The van der Waals surface area contributed by atoms with Gasteiger partial charge in [-0.3, -0.25) is 9.56 Å². The number of nitrogens with zero attached hydrogens (tertiary/aromatic N) is 6. The second-order valence-electron chi connectivity index (χ2n) is 17.0. The van der Waals surface area contributed by atoms with E-state index in [1.165, 1.54) is 16.8 Å². The highest BCUT2D eigenvalue weighted by molar-refractivity contribution is 6.20. The van der Waals surface area contributed by atoms with E-state index in [1.807, 2.05) is 54.6 Å². The average Bonchev–Trinajstić information content (AvgIpc) is 3.92. The van der Waals surface area contributed by atoms with E-state index in [2.05, 4.69) is 185 Å². The largest absolute Gasteiger partial charge is 0.490 e. The number of anilines is 2. The normalized spacial score (nSPS) is 16.8. The first-order chi connectivity index (χ1) is 33.2. The maximum Gasteiger partial charge on any atom is 0.232 e. The van der Waals surface area contributed by atoms with Gasteiger partial charge in [0.05, 0.1) is 23.3 Å². The van der Waals surface area contributed by atoms with Crippen molar-refractivity contribution in [3.8, 4) is 11.1 Å². The zero-order chi connectivity index (χ0) is 45.1. The van der Waals surface area contributed by atoms with Crippen LogP contribution >= 0.6 is 0 Å². The second-order valence-corrected chi connectivity index (χ2v) is 17.0. The van der Waals surface area contributed by atoms with E-state index in [9.17, 15) is 0 Å². The Morgan fingerprint density at radius 2 is 1.34 bits per heavy atom. The number of hydrogen-bond donors (Lipinski definition) is 0. The van der Waals surface area contributed by atoms with Crippen LogP contribution in [-0.2, 0) is 17.9 Å². The van der Waals surface area contributed by atoms with Crippen LogP contribution in [0.4, 0.5) is 11.4 Å². The molecule has 0 saturated heterocycles. The van der Waals surface area contributed by atoms with E-state index in [4.69, 9.17) is 14.7 Å². The van der Waals surface area contributed by atoms with Crippen molar-refractivity contribution in [1.82, 2.24) is 4.57 Å². The molecule has 0 fully saturated rings. The van der Waals surface area contributed by atoms with Gasteiger partial charge < -0.3 is 9.64 Å². The summed E-state index contributed by atoms with van der Waals surface area (Å²) in [6.07, 6.45) is 12.7. The quantitative estimate of drug-likeness (QED) is 0.101. The Kier molecular flexibility index (Phi) is 11.2. The lowest BCUT2D eigenvalue weighted by Crippen LogP contribution is -2.17. The number of fused-ring (bicyclic) bond motifs is 7. The molecule has 11 rings (SSSR count). The molecule has 7 aromatic carbocycles. The second kappa shape index (κ2) is 18.2. The number of ether oxygens (including phenoxy) is 1. The molecule has 0 amide bonds. The van der Waals surface area contributed by atoms with Crippen molar-refractivity contribution >= 4 is 64.0 Å². The summed E-state index contributed by atoms with van der Waals surface area (Å²) >= 11 is 0. The molecule has 2 aliphatic carbocycles. The SMILES string of the molecule is C=N/C(=N\C(=N/Cc1ccc(-c2ccccc2)cc1)n1c2ccccc2c2ccc3c(c21)N(c1ccc(C2=C(OCc4ccccc4)C(N=C)CC=C2)cc1)C1=CC=CCC13)c1ccccc1. The lowest BCUT2D eigenvalue weighted by Gasteiger charge is -2.26. The summed E-state index contributed by atoms with van der Waals surface area (Å²) in [7, 11) is 0. The molecule has 1 aromatic heterocycles. The molecular formula is C60H48N6O. The summed E-state index contributed by atoms with van der Waals surface area (Å²) in [5.74, 6) is 2.03. The van der Waals surface area contributed by atoms with E-state index in [0.29, 0.717) is 24.9 Å². The van der Waals surface area contributed by atoms with Crippen LogP contribution in [0.25, 0.3) is 38.5 Å². The molecule has 2 unspecified atom stereocenters. The average molecular weight is 869 g/mol. The first-order valence-electron chi connectivity index (χ1n) is 22.8. The third kappa shape index (κ3) is 7.84. The molecule has 0 bridgehead atoms. The van der Waals surface area contributed by atoms with Crippen LogP contribution in [0.1, 0.15) is 46.6 Å². The van der Waals surface area contributed by atoms with Crippen molar-refractivity contribution < 1.29 is 4.74 Å². The van der Waals surface area contributed by atoms with Crippen LogP contribution in [0.2, 0.25) is 0 Å². The number of hydrogen-bond acceptors (Lipinski definition) is 4. The van der Waals surface area contributed by atoms with Crippen molar-refractivity contribution in [1.29, 1.82) is 0 Å². The van der Waals surface area contributed by atoms with Gasteiger partial charge in [-0.05, 0) is 83.9 Å². The molecule has 2 heterocycles. The molecule has 0 saturated carbocycles. The standard InChI is InChI=1S/C60H48N6O/c1-61-53-26-16-25-48(58(53)67-40-42-17-6-3-7-18-42)45-33-35-47(36-34-45)65-54-27-14-12-23-49(54)51-37-38-52-50-24-13-15-28-55(50)66(57(52)56(51)65)60(64-59(62-2)46-21-10-5-11-22-46)63-39-41-29-31-44(32-30-41)43-19-8-4-9-20-43/h3-22,24-25,27-38,49,53H,1-2,23,26,39-40H2/b63-60+,64-59-. The number of para-hydroxylation sites is 1. The van der Waals surface area contributed by atoms with Crippen molar-refractivity contribution in [3.63, 3.8) is 0 Å². The number of amidine groups is 1. The Bertz CT molecular complexity index is 3340. The highest BCUT2D eigenvalue weighted by atomic mass is 16.5. The van der Waals surface area contributed by atoms with Crippen LogP contribution in [0.3, 0.4) is 0 Å². The van der Waals surface area contributed by atoms with Gasteiger partial charge in [-0.2, -0.15) is 4.99 Å². The molecule has 8 aromatic rings. The van der Waals surface area contributed by atoms with Crippen molar-refractivity contribution in [2.24, 2.45) is 20.0 Å². The number of allylic oxidation sites excluding steroid dienone is 6. The molecule has 324 valence electrons. The highest BCUT2D eigenvalue weighted by Gasteiger charge is 2.38. The van der Waals surface area contributed by atoms with E-state index in [1.54, 1.807) is 0 Å². The Morgan fingerprint density at radius 3 is 2.10 bits per heavy atom. The van der Waals surface area contributed by atoms with Crippen LogP contribution in [0, 0.1) is 0 Å². The van der Waals surface area contributed by atoms with Crippen LogP contribution in [0.5, 0.6) is 0 Å². The molecule has 0 radical (unpaired) electrons. The fourth-order valence-electron chi connectivity index (χ4n) is 9.72. The fourth-order valence-corrected chi connectivity index (χ4v) is 9.72. The third-order valence-electron chi connectivity index (χ3n) is 13.0. The number of aromatic nitrogens is 1. The summed E-state index contributed by atoms with van der Waals surface area (Å²) in [4.78, 5) is 22.2. The van der Waals surface area contributed by atoms with E-state index in [-0.39, 0.29) is 12.0 Å². The van der Waals surface area contributed by atoms with E-state index >= 15 is 0 Å². The lowest BCUT2D eigenvalue weighted by atomic mass is 9.91. The first-order valence-corrected chi connectivity index (χ1v) is 22.8. The van der Waals surface area contributed by atoms with Crippen molar-refractivity contribution in [3.05, 3.63) is 246 Å². The topological polar surface area (TPSA) is 66.8 Å². The fraction of sp³-hybridized carbons (Fsp3) is 0.100. The summed E-state index contributed by atoms with van der Waals surface area (Å²) in [6, 6.07) is 61.2. The Labute approximate surface area is 391 Å². The molecule has 3 aliphatic rings. The molecule has 67 heavy (non-hydrogen) atoms. The van der Waals surface area contributed by atoms with Crippen molar-refractivity contribution in [2.45, 2.75) is 38.0 Å². The van der Waals surface area contributed by atoms with E-state index in [0.717, 1.165) is 85.2 Å². The predicted molar refractivity (Wildman–Crippen MR) is 279 cm³/mol. The van der Waals surface area contributed by atoms with Crippen molar-refractivity contribution in [2.75, 3.05) is 4.90 Å². The first kappa shape index (κ1) is 41.3. The van der Waals surface area contributed by atoms with Gasteiger partial charge in [-0.1, -0.05) is 182 Å². The predicted octanol–water partition coefficient (Wildman–Crippen LogP) is 14.0. The molecular weight excluding hydrogens is 821 g/mol. The van der Waals surface area contributed by atoms with Gasteiger partial charge >= 0.3 is 0 Å². The zero-order valence-electron chi connectivity index (χ0n) is 37.1. The minimum absolute atomic E-state index is 0.158. The molecule has 0 N–H and O–H groups in total. The van der Waals surface area contributed by atoms with Gasteiger partial charge in [0.1, 0.15) is 18.4 Å². The van der Waals surface area contributed by atoms with Crippen LogP contribution in [-0.4, -0.2) is 35.8 Å². The molecule has 0 spiro atoms. The van der Waals surface area contributed by atoms with Crippen LogP contribution in [0.15, 0.2) is 238 Å². The number of benzene rings is 7. The van der Waals surface area contributed by atoms with Gasteiger partial charge in [0.25, 0.3) is 0 Å². The number of rotatable bonds is 10. The highest BCUT2D eigenvalue weighted by Crippen LogP contribution is 2.54. The summed E-state index contributed by atoms with van der Waals surface area (Å²) in [5, 5.41) is 2.23. The minimum Gasteiger partial charge on any atom is -0.490 e. The lowest BCUT2D eigenvalue weighted by molar-refractivity contribution is 0.182. The molecule has 7 heteroatoms. The van der Waals surface area contributed by atoms with Gasteiger partial charge in [-0.15, -0.1) is 0 Å². The smallest absolute Gasteiger partial charge is 0.232 e. The molecule has 7 nitrogen and oxygen atoms in total. The minimum atomic E-state index is -0.158. The maximum atomic E-state index is 6.57.